The van der Waals surface area contributed by atoms with E-state index in [1.54, 1.807) is 0 Å². The molecular formula is C28H29NO2. The zero-order valence-electron chi connectivity index (χ0n) is 18.2. The first-order chi connectivity index (χ1) is 15.2. The van der Waals surface area contributed by atoms with Gasteiger partial charge in [-0.25, -0.2) is 0 Å². The predicted octanol–water partition coefficient (Wildman–Crippen LogP) is 6.35. The number of fused-ring (bicyclic) bond motifs is 1. The van der Waals surface area contributed by atoms with Crippen molar-refractivity contribution in [3.63, 3.8) is 0 Å². The lowest BCUT2D eigenvalue weighted by Gasteiger charge is -2.50. The van der Waals surface area contributed by atoms with Crippen molar-refractivity contribution in [1.82, 2.24) is 0 Å². The van der Waals surface area contributed by atoms with Gasteiger partial charge in [-0.15, -0.1) is 0 Å². The van der Waals surface area contributed by atoms with Gasteiger partial charge < -0.3 is 10.1 Å². The molecule has 0 saturated heterocycles. The highest BCUT2D eigenvalue weighted by atomic mass is 16.5. The molecule has 0 heterocycles. The van der Waals surface area contributed by atoms with Gasteiger partial charge in [0.25, 0.3) is 0 Å². The molecule has 0 fully saturated rings. The van der Waals surface area contributed by atoms with Gasteiger partial charge in [0, 0.05) is 17.5 Å². The minimum absolute atomic E-state index is 0.0682. The van der Waals surface area contributed by atoms with E-state index in [1.165, 1.54) is 22.3 Å². The van der Waals surface area contributed by atoms with E-state index in [4.69, 9.17) is 4.74 Å². The van der Waals surface area contributed by atoms with Crippen molar-refractivity contribution < 1.29 is 9.53 Å². The maximum atomic E-state index is 13.7. The molecule has 0 spiro atoms. The second-order valence-corrected chi connectivity index (χ2v) is 8.64. The summed E-state index contributed by atoms with van der Waals surface area (Å²) in [5, 5.41) is 3.22. The van der Waals surface area contributed by atoms with E-state index >= 15 is 0 Å². The summed E-state index contributed by atoms with van der Waals surface area (Å²) in [6, 6.07) is 25.2. The summed E-state index contributed by atoms with van der Waals surface area (Å²) in [7, 11) is 0. The minimum atomic E-state index is -0.0682. The second kappa shape index (κ2) is 8.22. The number of carbonyl (C=O) groups is 1. The molecule has 3 aromatic rings. The third-order valence-electron chi connectivity index (χ3n) is 6.94. The zero-order chi connectivity index (χ0) is 21.4. The quantitative estimate of drug-likeness (QED) is 0.513. The van der Waals surface area contributed by atoms with Crippen LogP contribution in [0.25, 0.3) is 0 Å². The average Bonchev–Trinajstić information content (AvgIpc) is 2.80. The monoisotopic (exact) mass is 411 g/mol. The largest absolute Gasteiger partial charge is 0.494 e. The molecule has 1 N–H and O–H groups in total. The molecule has 3 nitrogen and oxygen atoms in total. The summed E-state index contributed by atoms with van der Waals surface area (Å²) >= 11 is 0. The van der Waals surface area contributed by atoms with Crippen LogP contribution in [-0.2, 0) is 4.79 Å². The molecule has 2 atom stereocenters. The first kappa shape index (κ1) is 19.9. The van der Waals surface area contributed by atoms with Gasteiger partial charge in [-0.3, -0.25) is 4.79 Å². The molecule has 6 rings (SSSR count). The molecule has 0 saturated carbocycles. The lowest BCUT2D eigenvalue weighted by atomic mass is 9.53. The maximum Gasteiger partial charge on any atom is 0.228 e. The van der Waals surface area contributed by atoms with E-state index in [2.05, 4.69) is 60.8 Å². The van der Waals surface area contributed by atoms with Gasteiger partial charge in [-0.05, 0) is 65.8 Å². The van der Waals surface area contributed by atoms with Crippen LogP contribution in [0.15, 0.2) is 72.8 Å². The highest BCUT2D eigenvalue weighted by Crippen LogP contribution is 2.59. The lowest BCUT2D eigenvalue weighted by Crippen LogP contribution is -2.45. The van der Waals surface area contributed by atoms with Crippen LogP contribution in [0.2, 0.25) is 0 Å². The van der Waals surface area contributed by atoms with Crippen LogP contribution in [0.4, 0.5) is 5.69 Å². The van der Waals surface area contributed by atoms with Crippen molar-refractivity contribution in [3.8, 4) is 5.75 Å². The number of benzene rings is 3. The van der Waals surface area contributed by atoms with E-state index in [0.717, 1.165) is 24.3 Å². The molecule has 0 aliphatic heterocycles. The SMILES string of the molecule is CCC[C@H]1C2c3ccccc3C(c3ccccc32)[C@@H]1C(=O)Nc1ccc(OCC)cc1. The van der Waals surface area contributed by atoms with E-state index in [1.807, 2.05) is 31.2 Å². The van der Waals surface area contributed by atoms with Crippen molar-refractivity contribution in [1.29, 1.82) is 0 Å². The van der Waals surface area contributed by atoms with Gasteiger partial charge in [0.05, 0.1) is 12.5 Å². The van der Waals surface area contributed by atoms with E-state index < -0.39 is 0 Å². The van der Waals surface area contributed by atoms with Gasteiger partial charge in [-0.1, -0.05) is 61.9 Å². The number of hydrogen-bond acceptors (Lipinski definition) is 2. The molecule has 3 aliphatic carbocycles. The molecule has 0 unspecified atom stereocenters. The Morgan fingerprint density at radius 3 is 1.87 bits per heavy atom. The van der Waals surface area contributed by atoms with E-state index in [9.17, 15) is 4.79 Å². The highest BCUT2D eigenvalue weighted by Gasteiger charge is 2.51. The Bertz CT molecular complexity index is 1040. The van der Waals surface area contributed by atoms with E-state index in [0.29, 0.717) is 12.5 Å². The topological polar surface area (TPSA) is 38.3 Å². The van der Waals surface area contributed by atoms with E-state index in [-0.39, 0.29) is 23.7 Å². The number of amides is 1. The standard InChI is InChI=1S/C28H29NO2/c1-3-9-24-25-20-10-5-7-12-22(20)26(23-13-8-6-11-21(23)25)27(24)28(30)29-18-14-16-19(17-15-18)31-4-2/h5-8,10-17,24-27H,3-4,9H2,1-2H3,(H,29,30)/t24-,25?,26?,27+/m0/s1. The number of carbonyl (C=O) groups excluding carboxylic acids is 1. The summed E-state index contributed by atoms with van der Waals surface area (Å²) in [5.74, 6) is 1.58. The van der Waals surface area contributed by atoms with Crippen LogP contribution in [0, 0.1) is 11.8 Å². The summed E-state index contributed by atoms with van der Waals surface area (Å²) in [4.78, 5) is 13.7. The number of hydrogen-bond donors (Lipinski definition) is 1. The fraction of sp³-hybridized carbons (Fsp3) is 0.321. The zero-order valence-corrected chi connectivity index (χ0v) is 18.2. The molecule has 158 valence electrons. The van der Waals surface area contributed by atoms with Gasteiger partial charge in [-0.2, -0.15) is 0 Å². The molecule has 31 heavy (non-hydrogen) atoms. The first-order valence-corrected chi connectivity index (χ1v) is 11.4. The lowest BCUT2D eigenvalue weighted by molar-refractivity contribution is -0.123. The highest BCUT2D eigenvalue weighted by molar-refractivity contribution is 5.95. The number of nitrogens with one attached hydrogen (secondary N) is 1. The fourth-order valence-electron chi connectivity index (χ4n) is 5.84. The predicted molar refractivity (Wildman–Crippen MR) is 125 cm³/mol. The molecule has 3 aliphatic rings. The Morgan fingerprint density at radius 2 is 1.35 bits per heavy atom. The number of ether oxygens (including phenoxy) is 1. The molecule has 3 aromatic carbocycles. The van der Waals surface area contributed by atoms with Crippen LogP contribution in [0.1, 0.15) is 60.8 Å². The Morgan fingerprint density at radius 1 is 0.806 bits per heavy atom. The van der Waals surface area contributed by atoms with Gasteiger partial charge in [0.2, 0.25) is 5.91 Å². The van der Waals surface area contributed by atoms with Crippen LogP contribution in [-0.4, -0.2) is 12.5 Å². The Balaban J connectivity index is 1.54. The normalized spacial score (nSPS) is 23.0. The number of rotatable bonds is 6. The Kier molecular flexibility index (Phi) is 5.27. The van der Waals surface area contributed by atoms with Crippen LogP contribution < -0.4 is 10.1 Å². The molecule has 0 radical (unpaired) electrons. The van der Waals surface area contributed by atoms with Gasteiger partial charge in [0.15, 0.2) is 0 Å². The molecule has 3 heteroatoms. The smallest absolute Gasteiger partial charge is 0.228 e. The summed E-state index contributed by atoms with van der Waals surface area (Å²) < 4.78 is 5.54. The summed E-state index contributed by atoms with van der Waals surface area (Å²) in [5.41, 5.74) is 6.30. The molecule has 0 aromatic heterocycles. The van der Waals surface area contributed by atoms with Crippen molar-refractivity contribution in [2.75, 3.05) is 11.9 Å². The van der Waals surface area contributed by atoms with Crippen LogP contribution in [0.3, 0.4) is 0 Å². The third kappa shape index (κ3) is 3.33. The summed E-state index contributed by atoms with van der Waals surface area (Å²) in [6.45, 7) is 4.83. The third-order valence-corrected chi connectivity index (χ3v) is 6.94. The maximum absolute atomic E-state index is 13.7. The van der Waals surface area contributed by atoms with Crippen molar-refractivity contribution >= 4 is 11.6 Å². The molecule has 2 bridgehead atoms. The molecule has 1 amide bonds. The van der Waals surface area contributed by atoms with Crippen molar-refractivity contribution in [2.24, 2.45) is 11.8 Å². The minimum Gasteiger partial charge on any atom is -0.494 e. The van der Waals surface area contributed by atoms with Gasteiger partial charge in [0.1, 0.15) is 5.75 Å². The second-order valence-electron chi connectivity index (χ2n) is 8.64. The summed E-state index contributed by atoms with van der Waals surface area (Å²) in [6.07, 6.45) is 2.12. The van der Waals surface area contributed by atoms with Crippen LogP contribution >= 0.6 is 0 Å². The molecular weight excluding hydrogens is 382 g/mol. The van der Waals surface area contributed by atoms with Gasteiger partial charge >= 0.3 is 0 Å². The fourth-order valence-corrected chi connectivity index (χ4v) is 5.84. The average molecular weight is 412 g/mol. The van der Waals surface area contributed by atoms with Crippen molar-refractivity contribution in [3.05, 3.63) is 95.1 Å². The first-order valence-electron chi connectivity index (χ1n) is 11.4. The Labute approximate surface area is 184 Å². The number of anilines is 1. The van der Waals surface area contributed by atoms with Crippen LogP contribution in [0.5, 0.6) is 5.75 Å². The Hall–Kier alpha value is -3.07. The van der Waals surface area contributed by atoms with Crippen molar-refractivity contribution in [2.45, 2.75) is 38.5 Å².